The standard InChI is InChI=1S/C12H17BrN2O3/c1-9(8-16)3-2-6-14-11-5-4-10(13)7-12(11)15(17)18/h4-5,7,9,14,16H,2-3,6,8H2,1H3. The molecule has 0 aliphatic heterocycles. The number of aliphatic hydroxyl groups excluding tert-OH is 1. The number of hydrogen-bond acceptors (Lipinski definition) is 4. The van der Waals surface area contributed by atoms with Gasteiger partial charge in [-0.2, -0.15) is 0 Å². The van der Waals surface area contributed by atoms with E-state index in [0.29, 0.717) is 16.7 Å². The molecule has 0 aromatic heterocycles. The van der Waals surface area contributed by atoms with Crippen molar-refractivity contribution in [2.75, 3.05) is 18.5 Å². The third-order valence-electron chi connectivity index (χ3n) is 2.66. The Bertz CT molecular complexity index is 412. The molecule has 0 radical (unpaired) electrons. The Morgan fingerprint density at radius 1 is 1.56 bits per heavy atom. The van der Waals surface area contributed by atoms with Crippen LogP contribution >= 0.6 is 15.9 Å². The van der Waals surface area contributed by atoms with E-state index in [1.54, 1.807) is 12.1 Å². The highest BCUT2D eigenvalue weighted by molar-refractivity contribution is 9.10. The zero-order valence-corrected chi connectivity index (χ0v) is 11.8. The van der Waals surface area contributed by atoms with E-state index in [1.807, 2.05) is 6.92 Å². The Labute approximate surface area is 114 Å². The van der Waals surface area contributed by atoms with Crippen LogP contribution in [0.3, 0.4) is 0 Å². The molecular weight excluding hydrogens is 300 g/mol. The first-order valence-corrected chi connectivity index (χ1v) is 6.62. The highest BCUT2D eigenvalue weighted by Crippen LogP contribution is 2.27. The summed E-state index contributed by atoms with van der Waals surface area (Å²) in [6, 6.07) is 4.95. The van der Waals surface area contributed by atoms with Gasteiger partial charge in [0, 0.05) is 23.7 Å². The lowest BCUT2D eigenvalue weighted by molar-refractivity contribution is -0.384. The van der Waals surface area contributed by atoms with Crippen molar-refractivity contribution in [3.05, 3.63) is 32.8 Å². The lowest BCUT2D eigenvalue weighted by atomic mass is 10.1. The lowest BCUT2D eigenvalue weighted by Crippen LogP contribution is -2.07. The molecule has 0 fully saturated rings. The normalized spacial score (nSPS) is 12.2. The molecule has 1 rings (SSSR count). The molecule has 2 N–H and O–H groups in total. The Balaban J connectivity index is 2.54. The molecule has 0 heterocycles. The van der Waals surface area contributed by atoms with E-state index in [4.69, 9.17) is 5.11 Å². The molecule has 1 aromatic rings. The SMILES string of the molecule is CC(CO)CCCNc1ccc(Br)cc1[N+](=O)[O-]. The molecule has 0 aliphatic rings. The minimum atomic E-state index is -0.399. The summed E-state index contributed by atoms with van der Waals surface area (Å²) in [7, 11) is 0. The van der Waals surface area contributed by atoms with Crippen molar-refractivity contribution in [1.82, 2.24) is 0 Å². The molecule has 100 valence electrons. The number of halogens is 1. The van der Waals surface area contributed by atoms with Crippen LogP contribution in [0.1, 0.15) is 19.8 Å². The van der Waals surface area contributed by atoms with Crippen LogP contribution < -0.4 is 5.32 Å². The van der Waals surface area contributed by atoms with Crippen LogP contribution in [-0.2, 0) is 0 Å². The number of nitro benzene ring substituents is 1. The van der Waals surface area contributed by atoms with Gasteiger partial charge in [-0.05, 0) is 30.9 Å². The van der Waals surface area contributed by atoms with Crippen LogP contribution in [0.5, 0.6) is 0 Å². The molecule has 0 bridgehead atoms. The van der Waals surface area contributed by atoms with E-state index >= 15 is 0 Å². The molecule has 1 atom stereocenters. The summed E-state index contributed by atoms with van der Waals surface area (Å²) in [5.74, 6) is 0.270. The van der Waals surface area contributed by atoms with Gasteiger partial charge in [-0.25, -0.2) is 0 Å². The molecule has 0 saturated carbocycles. The highest BCUT2D eigenvalue weighted by Gasteiger charge is 2.13. The van der Waals surface area contributed by atoms with Gasteiger partial charge in [0.05, 0.1) is 4.92 Å². The third-order valence-corrected chi connectivity index (χ3v) is 3.15. The van der Waals surface area contributed by atoms with Crippen LogP contribution in [0.2, 0.25) is 0 Å². The molecule has 0 amide bonds. The minimum absolute atomic E-state index is 0.0691. The summed E-state index contributed by atoms with van der Waals surface area (Å²) in [6.07, 6.45) is 1.77. The highest BCUT2D eigenvalue weighted by atomic mass is 79.9. The molecule has 1 unspecified atom stereocenters. The first-order chi connectivity index (χ1) is 8.54. The number of hydrogen-bond donors (Lipinski definition) is 2. The smallest absolute Gasteiger partial charge is 0.293 e. The Kier molecular flexibility index (Phi) is 6.07. The summed E-state index contributed by atoms with van der Waals surface area (Å²) in [6.45, 7) is 2.81. The van der Waals surface area contributed by atoms with Crippen molar-refractivity contribution in [1.29, 1.82) is 0 Å². The number of anilines is 1. The first-order valence-electron chi connectivity index (χ1n) is 5.83. The van der Waals surface area contributed by atoms with Crippen molar-refractivity contribution in [2.24, 2.45) is 5.92 Å². The van der Waals surface area contributed by atoms with E-state index in [0.717, 1.165) is 12.8 Å². The zero-order chi connectivity index (χ0) is 13.5. The second-order valence-electron chi connectivity index (χ2n) is 4.28. The van der Waals surface area contributed by atoms with Crippen LogP contribution in [-0.4, -0.2) is 23.2 Å². The maximum Gasteiger partial charge on any atom is 0.293 e. The van der Waals surface area contributed by atoms with Gasteiger partial charge >= 0.3 is 0 Å². The number of aliphatic hydroxyl groups is 1. The second kappa shape index (κ2) is 7.33. The van der Waals surface area contributed by atoms with Gasteiger partial charge in [0.25, 0.3) is 5.69 Å². The summed E-state index contributed by atoms with van der Waals surface area (Å²) >= 11 is 3.21. The molecule has 0 saturated heterocycles. The number of nitrogens with one attached hydrogen (secondary N) is 1. The summed E-state index contributed by atoms with van der Waals surface area (Å²) < 4.78 is 0.689. The maximum atomic E-state index is 10.9. The van der Waals surface area contributed by atoms with Gasteiger partial charge in [-0.3, -0.25) is 10.1 Å². The van der Waals surface area contributed by atoms with Crippen molar-refractivity contribution in [2.45, 2.75) is 19.8 Å². The Morgan fingerprint density at radius 2 is 2.28 bits per heavy atom. The maximum absolute atomic E-state index is 10.9. The van der Waals surface area contributed by atoms with Gasteiger partial charge in [-0.15, -0.1) is 0 Å². The monoisotopic (exact) mass is 316 g/mol. The van der Waals surface area contributed by atoms with E-state index in [9.17, 15) is 10.1 Å². The molecular formula is C12H17BrN2O3. The molecule has 5 nitrogen and oxygen atoms in total. The molecule has 18 heavy (non-hydrogen) atoms. The summed E-state index contributed by atoms with van der Waals surface area (Å²) in [5, 5.41) is 22.8. The molecule has 6 heteroatoms. The quantitative estimate of drug-likeness (QED) is 0.460. The van der Waals surface area contributed by atoms with E-state index < -0.39 is 4.92 Å². The van der Waals surface area contributed by atoms with Crippen molar-refractivity contribution < 1.29 is 10.0 Å². The molecule has 0 aliphatic carbocycles. The lowest BCUT2D eigenvalue weighted by Gasteiger charge is -2.09. The van der Waals surface area contributed by atoms with E-state index in [-0.39, 0.29) is 18.2 Å². The number of benzene rings is 1. The zero-order valence-electron chi connectivity index (χ0n) is 10.2. The minimum Gasteiger partial charge on any atom is -0.396 e. The number of nitro groups is 1. The van der Waals surface area contributed by atoms with Crippen molar-refractivity contribution >= 4 is 27.3 Å². The van der Waals surface area contributed by atoms with Gasteiger partial charge in [0.2, 0.25) is 0 Å². The van der Waals surface area contributed by atoms with Crippen LogP contribution in [0.4, 0.5) is 11.4 Å². The van der Waals surface area contributed by atoms with Crippen molar-refractivity contribution in [3.8, 4) is 0 Å². The fourth-order valence-electron chi connectivity index (χ4n) is 1.57. The average Bonchev–Trinajstić information content (AvgIpc) is 2.35. The third kappa shape index (κ3) is 4.62. The van der Waals surface area contributed by atoms with Gasteiger partial charge in [0.1, 0.15) is 5.69 Å². The van der Waals surface area contributed by atoms with Crippen LogP contribution in [0.15, 0.2) is 22.7 Å². The topological polar surface area (TPSA) is 75.4 Å². The summed E-state index contributed by atoms with van der Waals surface area (Å²) in [4.78, 5) is 10.5. The van der Waals surface area contributed by atoms with Gasteiger partial charge in [0.15, 0.2) is 0 Å². The van der Waals surface area contributed by atoms with Crippen molar-refractivity contribution in [3.63, 3.8) is 0 Å². The average molecular weight is 317 g/mol. The first kappa shape index (κ1) is 14.9. The van der Waals surface area contributed by atoms with Gasteiger partial charge in [-0.1, -0.05) is 22.9 Å². The van der Waals surface area contributed by atoms with Crippen LogP contribution in [0.25, 0.3) is 0 Å². The largest absolute Gasteiger partial charge is 0.396 e. The fourth-order valence-corrected chi connectivity index (χ4v) is 1.92. The number of nitrogens with zero attached hydrogens (tertiary/aromatic N) is 1. The van der Waals surface area contributed by atoms with E-state index in [2.05, 4.69) is 21.2 Å². The van der Waals surface area contributed by atoms with Crippen LogP contribution in [0, 0.1) is 16.0 Å². The fraction of sp³-hybridized carbons (Fsp3) is 0.500. The summed E-state index contributed by atoms with van der Waals surface area (Å²) in [5.41, 5.74) is 0.597. The molecule has 1 aromatic carbocycles. The Hall–Kier alpha value is -1.14. The predicted octanol–water partition coefficient (Wildman–Crippen LogP) is 3.18. The van der Waals surface area contributed by atoms with E-state index in [1.165, 1.54) is 6.07 Å². The second-order valence-corrected chi connectivity index (χ2v) is 5.19. The molecule has 0 spiro atoms. The van der Waals surface area contributed by atoms with Gasteiger partial charge < -0.3 is 10.4 Å². The number of rotatable bonds is 7. The predicted molar refractivity (Wildman–Crippen MR) is 74.8 cm³/mol. The Morgan fingerprint density at radius 3 is 2.89 bits per heavy atom.